The maximum Gasteiger partial charge on any atom is 0.185 e. The summed E-state index contributed by atoms with van der Waals surface area (Å²) in [7, 11) is 2.22. The second-order valence-corrected chi connectivity index (χ2v) is 7.61. The molecule has 0 unspecified atom stereocenters. The highest BCUT2D eigenvalue weighted by atomic mass is 32.1. The van der Waals surface area contributed by atoms with Crippen molar-refractivity contribution in [1.82, 2.24) is 10.3 Å². The quantitative estimate of drug-likeness (QED) is 0.855. The average molecular weight is 295 g/mol. The van der Waals surface area contributed by atoms with Crippen molar-refractivity contribution in [2.75, 3.05) is 11.9 Å². The van der Waals surface area contributed by atoms with Gasteiger partial charge in [0.15, 0.2) is 5.13 Å². The van der Waals surface area contributed by atoms with Gasteiger partial charge in [-0.15, -0.1) is 11.3 Å². The lowest BCUT2D eigenvalue weighted by atomic mass is 10.1. The first-order chi connectivity index (χ1) is 9.49. The van der Waals surface area contributed by atoms with Crippen molar-refractivity contribution in [1.29, 1.82) is 0 Å². The first-order valence-corrected chi connectivity index (χ1v) is 8.76. The van der Waals surface area contributed by atoms with Crippen molar-refractivity contribution in [2.45, 2.75) is 77.9 Å². The molecular weight excluding hydrogens is 266 g/mol. The zero-order chi connectivity index (χ0) is 14.7. The van der Waals surface area contributed by atoms with Gasteiger partial charge in [-0.05, 0) is 18.8 Å². The molecule has 1 aromatic rings. The van der Waals surface area contributed by atoms with E-state index in [1.54, 1.807) is 0 Å². The van der Waals surface area contributed by atoms with E-state index in [2.05, 4.69) is 45.0 Å². The third-order valence-corrected chi connectivity index (χ3v) is 5.27. The normalized spacial score (nSPS) is 16.6. The molecule has 0 saturated heterocycles. The summed E-state index contributed by atoms with van der Waals surface area (Å²) in [6.45, 7) is 9.82. The van der Waals surface area contributed by atoms with E-state index in [9.17, 15) is 0 Å². The molecule has 0 bridgehead atoms. The standard InChI is InChI=1S/C16H29N3S/c1-11(2)15-14(10-17-12(3)4)20-16(18-15)19(5)13-8-6-7-9-13/h11-13,17H,6-10H2,1-5H3. The lowest BCUT2D eigenvalue weighted by molar-refractivity contribution is 0.588. The van der Waals surface area contributed by atoms with E-state index < -0.39 is 0 Å². The molecule has 0 aromatic carbocycles. The molecule has 0 amide bonds. The van der Waals surface area contributed by atoms with E-state index in [0.29, 0.717) is 18.0 Å². The Bertz CT molecular complexity index is 419. The van der Waals surface area contributed by atoms with Crippen LogP contribution >= 0.6 is 11.3 Å². The Kier molecular flexibility index (Phi) is 5.44. The van der Waals surface area contributed by atoms with Crippen LogP contribution < -0.4 is 10.2 Å². The molecule has 3 nitrogen and oxygen atoms in total. The van der Waals surface area contributed by atoms with Crippen molar-refractivity contribution in [2.24, 2.45) is 0 Å². The van der Waals surface area contributed by atoms with E-state index in [4.69, 9.17) is 4.98 Å². The zero-order valence-electron chi connectivity index (χ0n) is 13.6. The van der Waals surface area contributed by atoms with Crippen molar-refractivity contribution in [3.8, 4) is 0 Å². The second kappa shape index (κ2) is 6.90. The van der Waals surface area contributed by atoms with Gasteiger partial charge in [0, 0.05) is 30.6 Å². The van der Waals surface area contributed by atoms with Gasteiger partial charge in [0.25, 0.3) is 0 Å². The number of hydrogen-bond acceptors (Lipinski definition) is 4. The van der Waals surface area contributed by atoms with Gasteiger partial charge >= 0.3 is 0 Å². The van der Waals surface area contributed by atoms with Gasteiger partial charge in [-0.2, -0.15) is 0 Å². The van der Waals surface area contributed by atoms with Gasteiger partial charge in [-0.3, -0.25) is 0 Å². The zero-order valence-corrected chi connectivity index (χ0v) is 14.4. The lowest BCUT2D eigenvalue weighted by Crippen LogP contribution is -2.28. The molecule has 1 aliphatic rings. The van der Waals surface area contributed by atoms with Gasteiger partial charge < -0.3 is 10.2 Å². The summed E-state index contributed by atoms with van der Waals surface area (Å²) in [5.74, 6) is 0.501. The molecule has 0 radical (unpaired) electrons. The largest absolute Gasteiger partial charge is 0.348 e. The monoisotopic (exact) mass is 295 g/mol. The fourth-order valence-corrected chi connectivity index (χ4v) is 4.02. The second-order valence-electron chi connectivity index (χ2n) is 6.54. The van der Waals surface area contributed by atoms with Crippen LogP contribution in [0.15, 0.2) is 0 Å². The highest BCUT2D eigenvalue weighted by molar-refractivity contribution is 7.15. The van der Waals surface area contributed by atoms with Gasteiger partial charge in [0.05, 0.1) is 5.69 Å². The Labute approximate surface area is 127 Å². The van der Waals surface area contributed by atoms with Crippen LogP contribution in [-0.2, 0) is 6.54 Å². The SMILES string of the molecule is CC(C)NCc1sc(N(C)C2CCCC2)nc1C(C)C. The van der Waals surface area contributed by atoms with E-state index in [-0.39, 0.29) is 0 Å². The molecule has 2 rings (SSSR count). The number of aromatic nitrogens is 1. The molecular formula is C16H29N3S. The molecule has 1 heterocycles. The summed E-state index contributed by atoms with van der Waals surface area (Å²) >= 11 is 1.88. The molecule has 0 aliphatic heterocycles. The third-order valence-electron chi connectivity index (χ3n) is 4.11. The molecule has 1 fully saturated rings. The highest BCUT2D eigenvalue weighted by Gasteiger charge is 2.24. The third kappa shape index (κ3) is 3.73. The molecule has 1 aliphatic carbocycles. The van der Waals surface area contributed by atoms with Gasteiger partial charge in [0.2, 0.25) is 0 Å². The number of nitrogens with zero attached hydrogens (tertiary/aromatic N) is 2. The molecule has 0 atom stereocenters. The maximum atomic E-state index is 4.94. The summed E-state index contributed by atoms with van der Waals surface area (Å²) < 4.78 is 0. The molecule has 1 saturated carbocycles. The Morgan fingerprint density at radius 1 is 1.25 bits per heavy atom. The van der Waals surface area contributed by atoms with E-state index in [1.807, 2.05) is 11.3 Å². The van der Waals surface area contributed by atoms with Crippen molar-refractivity contribution < 1.29 is 0 Å². The van der Waals surface area contributed by atoms with Crippen LogP contribution in [0.4, 0.5) is 5.13 Å². The van der Waals surface area contributed by atoms with E-state index >= 15 is 0 Å². The molecule has 1 aromatic heterocycles. The molecule has 20 heavy (non-hydrogen) atoms. The van der Waals surface area contributed by atoms with Crippen LogP contribution in [-0.4, -0.2) is 24.1 Å². The number of hydrogen-bond donors (Lipinski definition) is 1. The first-order valence-electron chi connectivity index (χ1n) is 7.94. The van der Waals surface area contributed by atoms with Crippen LogP contribution in [0.2, 0.25) is 0 Å². The molecule has 4 heteroatoms. The summed E-state index contributed by atoms with van der Waals surface area (Å²) in [6, 6.07) is 1.22. The number of anilines is 1. The minimum absolute atomic E-state index is 0.501. The van der Waals surface area contributed by atoms with Crippen LogP contribution in [0.5, 0.6) is 0 Å². The first kappa shape index (κ1) is 15.8. The van der Waals surface area contributed by atoms with Crippen LogP contribution in [0.1, 0.15) is 69.9 Å². The van der Waals surface area contributed by atoms with Gasteiger partial charge in [-0.25, -0.2) is 4.98 Å². The van der Waals surface area contributed by atoms with Gasteiger partial charge in [-0.1, -0.05) is 40.5 Å². The van der Waals surface area contributed by atoms with Crippen molar-refractivity contribution in [3.05, 3.63) is 10.6 Å². The smallest absolute Gasteiger partial charge is 0.185 e. The number of rotatable bonds is 6. The van der Waals surface area contributed by atoms with E-state index in [0.717, 1.165) is 6.54 Å². The number of nitrogens with one attached hydrogen (secondary N) is 1. The molecule has 114 valence electrons. The average Bonchev–Trinajstić information content (AvgIpc) is 3.04. The van der Waals surface area contributed by atoms with Gasteiger partial charge in [0.1, 0.15) is 0 Å². The topological polar surface area (TPSA) is 28.2 Å². The van der Waals surface area contributed by atoms with Crippen LogP contribution in [0, 0.1) is 0 Å². The Hall–Kier alpha value is -0.610. The Morgan fingerprint density at radius 2 is 1.90 bits per heavy atom. The molecule has 1 N–H and O–H groups in total. The van der Waals surface area contributed by atoms with E-state index in [1.165, 1.54) is 41.4 Å². The Balaban J connectivity index is 2.14. The van der Waals surface area contributed by atoms with Crippen LogP contribution in [0.3, 0.4) is 0 Å². The Morgan fingerprint density at radius 3 is 2.45 bits per heavy atom. The molecule has 0 spiro atoms. The summed E-state index contributed by atoms with van der Waals surface area (Å²) in [5, 5.41) is 4.74. The minimum Gasteiger partial charge on any atom is -0.348 e. The highest BCUT2D eigenvalue weighted by Crippen LogP contribution is 2.34. The minimum atomic E-state index is 0.501. The van der Waals surface area contributed by atoms with Crippen molar-refractivity contribution >= 4 is 16.5 Å². The maximum absolute atomic E-state index is 4.94. The van der Waals surface area contributed by atoms with Crippen molar-refractivity contribution in [3.63, 3.8) is 0 Å². The lowest BCUT2D eigenvalue weighted by Gasteiger charge is -2.23. The summed E-state index contributed by atoms with van der Waals surface area (Å²) in [4.78, 5) is 8.77. The fourth-order valence-electron chi connectivity index (χ4n) is 2.82. The predicted molar refractivity (Wildman–Crippen MR) is 88.8 cm³/mol. The summed E-state index contributed by atoms with van der Waals surface area (Å²) in [6.07, 6.45) is 5.40. The summed E-state index contributed by atoms with van der Waals surface area (Å²) in [5.41, 5.74) is 1.28. The number of thiazole rings is 1. The predicted octanol–water partition coefficient (Wildman–Crippen LogP) is 4.14. The fraction of sp³-hybridized carbons (Fsp3) is 0.812. The van der Waals surface area contributed by atoms with Crippen LogP contribution in [0.25, 0.3) is 0 Å².